The Labute approximate surface area is 397 Å². The molecule has 0 rings (SSSR count). The number of hydrogen-bond acceptors (Lipinski definition) is 8. The molecule has 0 aromatic carbocycles. The standard InChI is InChI=1S/2C28H54O4/c1-6-26(23-28(30)32-22-16-18-25(4)5)19-13-11-9-7-8-10-12-14-20-27(29)31-21-15-17-24(2)3;1-4-7-9-19-23-31-27(29)22-18-16-14-12-11-13-15-17-21-26(6-3)25-28(30)32-24-20-10-8-5-2/h24-26H,6-23H2,1-5H3;26H,4-25H2,1-3H3. The average Bonchev–Trinajstić information content (AvgIpc) is 3.26. The molecule has 0 aliphatic heterocycles. The number of carbonyl (C=O) groups excluding carboxylic acids is 4. The summed E-state index contributed by atoms with van der Waals surface area (Å²) in [5, 5.41) is 0. The van der Waals surface area contributed by atoms with Crippen molar-refractivity contribution in [2.45, 2.75) is 287 Å². The van der Waals surface area contributed by atoms with E-state index in [0.29, 0.717) is 75.8 Å². The fraction of sp³-hybridized carbons (Fsp3) is 0.929. The van der Waals surface area contributed by atoms with E-state index in [1.54, 1.807) is 0 Å². The summed E-state index contributed by atoms with van der Waals surface area (Å²) >= 11 is 0. The lowest BCUT2D eigenvalue weighted by atomic mass is 9.95. The van der Waals surface area contributed by atoms with Gasteiger partial charge in [0.1, 0.15) is 0 Å². The summed E-state index contributed by atoms with van der Waals surface area (Å²) in [5.74, 6) is 2.22. The van der Waals surface area contributed by atoms with Crippen molar-refractivity contribution in [3.8, 4) is 0 Å². The summed E-state index contributed by atoms with van der Waals surface area (Å²) in [6, 6.07) is 0. The summed E-state index contributed by atoms with van der Waals surface area (Å²) in [6.45, 7) is 19.9. The predicted molar refractivity (Wildman–Crippen MR) is 269 cm³/mol. The molecule has 0 saturated heterocycles. The minimum absolute atomic E-state index is 0.00581. The number of unbranched alkanes of at least 4 members (excludes halogenated alkanes) is 20. The molecule has 64 heavy (non-hydrogen) atoms. The summed E-state index contributed by atoms with van der Waals surface area (Å²) < 4.78 is 21.3. The van der Waals surface area contributed by atoms with Crippen LogP contribution in [0.25, 0.3) is 0 Å². The third-order valence-electron chi connectivity index (χ3n) is 12.5. The van der Waals surface area contributed by atoms with Crippen LogP contribution in [0.15, 0.2) is 0 Å². The van der Waals surface area contributed by atoms with Gasteiger partial charge in [0.05, 0.1) is 26.4 Å². The van der Waals surface area contributed by atoms with E-state index in [4.69, 9.17) is 18.9 Å². The van der Waals surface area contributed by atoms with E-state index in [1.807, 2.05) is 0 Å². The zero-order valence-corrected chi connectivity index (χ0v) is 43.9. The average molecular weight is 909 g/mol. The Morgan fingerprint density at radius 3 is 0.906 bits per heavy atom. The normalized spacial score (nSPS) is 12.2. The zero-order chi connectivity index (χ0) is 47.7. The molecule has 0 radical (unpaired) electrons. The van der Waals surface area contributed by atoms with Gasteiger partial charge < -0.3 is 18.9 Å². The first-order valence-electron chi connectivity index (χ1n) is 27.6. The lowest BCUT2D eigenvalue weighted by molar-refractivity contribution is -0.146. The molecule has 380 valence electrons. The van der Waals surface area contributed by atoms with Gasteiger partial charge in [-0.2, -0.15) is 0 Å². The molecule has 0 bridgehead atoms. The van der Waals surface area contributed by atoms with Crippen LogP contribution < -0.4 is 0 Å². The van der Waals surface area contributed by atoms with Gasteiger partial charge in [0.15, 0.2) is 0 Å². The molecule has 0 N–H and O–H groups in total. The van der Waals surface area contributed by atoms with Crippen LogP contribution in [0, 0.1) is 23.7 Å². The molecular weight excluding hydrogens is 801 g/mol. The zero-order valence-electron chi connectivity index (χ0n) is 43.9. The first kappa shape index (κ1) is 64.0. The van der Waals surface area contributed by atoms with Crippen LogP contribution in [0.4, 0.5) is 0 Å². The van der Waals surface area contributed by atoms with Crippen molar-refractivity contribution < 1.29 is 38.1 Å². The first-order valence-corrected chi connectivity index (χ1v) is 27.6. The van der Waals surface area contributed by atoms with Gasteiger partial charge in [0, 0.05) is 25.7 Å². The second-order valence-corrected chi connectivity index (χ2v) is 19.8. The van der Waals surface area contributed by atoms with E-state index in [1.165, 1.54) is 103 Å². The molecule has 0 aliphatic rings. The fourth-order valence-corrected chi connectivity index (χ4v) is 7.95. The Balaban J connectivity index is 0. The number of esters is 4. The lowest BCUT2D eigenvalue weighted by Gasteiger charge is -2.14. The van der Waals surface area contributed by atoms with Crippen molar-refractivity contribution in [2.75, 3.05) is 26.4 Å². The largest absolute Gasteiger partial charge is 0.466 e. The number of hydrogen-bond donors (Lipinski definition) is 0. The van der Waals surface area contributed by atoms with Gasteiger partial charge in [-0.3, -0.25) is 19.2 Å². The first-order chi connectivity index (χ1) is 31.0. The Morgan fingerprint density at radius 2 is 0.594 bits per heavy atom. The topological polar surface area (TPSA) is 105 Å². The summed E-state index contributed by atoms with van der Waals surface area (Å²) in [5.41, 5.74) is 0. The molecule has 0 saturated carbocycles. The maximum Gasteiger partial charge on any atom is 0.306 e. The molecule has 8 heteroatoms. The van der Waals surface area contributed by atoms with Gasteiger partial charge >= 0.3 is 23.9 Å². The van der Waals surface area contributed by atoms with Crippen molar-refractivity contribution in [1.29, 1.82) is 0 Å². The van der Waals surface area contributed by atoms with Crippen LogP contribution in [0.3, 0.4) is 0 Å². The van der Waals surface area contributed by atoms with Crippen LogP contribution >= 0.6 is 0 Å². The Bertz CT molecular complexity index is 1030. The Hall–Kier alpha value is -2.12. The van der Waals surface area contributed by atoms with Crippen molar-refractivity contribution in [2.24, 2.45) is 23.7 Å². The smallest absolute Gasteiger partial charge is 0.306 e. The highest BCUT2D eigenvalue weighted by atomic mass is 16.5. The number of rotatable bonds is 46. The predicted octanol–water partition coefficient (Wildman–Crippen LogP) is 16.8. The van der Waals surface area contributed by atoms with Gasteiger partial charge in [-0.1, -0.05) is 197 Å². The van der Waals surface area contributed by atoms with E-state index in [9.17, 15) is 19.2 Å². The molecule has 0 heterocycles. The molecule has 0 aromatic heterocycles. The lowest BCUT2D eigenvalue weighted by Crippen LogP contribution is -2.12. The third kappa shape index (κ3) is 50.9. The summed E-state index contributed by atoms with van der Waals surface area (Å²) in [7, 11) is 0. The molecule has 0 amide bonds. The maximum atomic E-state index is 12.0. The van der Waals surface area contributed by atoms with Crippen molar-refractivity contribution in [3.63, 3.8) is 0 Å². The summed E-state index contributed by atoms with van der Waals surface area (Å²) in [6.07, 6.45) is 39.2. The molecule has 0 spiro atoms. The molecule has 0 aliphatic carbocycles. The minimum atomic E-state index is -0.0290. The molecule has 0 aromatic rings. The minimum Gasteiger partial charge on any atom is -0.466 e. The summed E-state index contributed by atoms with van der Waals surface area (Å²) in [4.78, 5) is 47.3. The van der Waals surface area contributed by atoms with Crippen LogP contribution in [-0.2, 0) is 38.1 Å². The Morgan fingerprint density at radius 1 is 0.312 bits per heavy atom. The maximum absolute atomic E-state index is 12.0. The molecule has 0 fully saturated rings. The SMILES string of the molecule is CCC(CCCCCCCCCCC(=O)OCCCC(C)C)CC(=O)OCCCC(C)C.CCCCCCOC(=O)CCCCCCCCCCC(CC)CC(=O)OCCCCCC. The van der Waals surface area contributed by atoms with Crippen molar-refractivity contribution in [3.05, 3.63) is 0 Å². The van der Waals surface area contributed by atoms with Gasteiger partial charge in [-0.25, -0.2) is 0 Å². The highest BCUT2D eigenvalue weighted by Crippen LogP contribution is 2.21. The quantitative estimate of drug-likeness (QED) is 0.0338. The number of carbonyl (C=O) groups is 4. The van der Waals surface area contributed by atoms with Gasteiger partial charge in [0.25, 0.3) is 0 Å². The highest BCUT2D eigenvalue weighted by Gasteiger charge is 2.14. The van der Waals surface area contributed by atoms with Gasteiger partial charge in [0.2, 0.25) is 0 Å². The van der Waals surface area contributed by atoms with Gasteiger partial charge in [-0.15, -0.1) is 0 Å². The molecular formula is C56H108O8. The van der Waals surface area contributed by atoms with E-state index in [-0.39, 0.29) is 23.9 Å². The van der Waals surface area contributed by atoms with E-state index >= 15 is 0 Å². The monoisotopic (exact) mass is 909 g/mol. The van der Waals surface area contributed by atoms with E-state index in [2.05, 4.69) is 55.4 Å². The highest BCUT2D eigenvalue weighted by molar-refractivity contribution is 5.70. The van der Waals surface area contributed by atoms with E-state index < -0.39 is 0 Å². The van der Waals surface area contributed by atoms with Gasteiger partial charge in [-0.05, 0) is 87.9 Å². The third-order valence-corrected chi connectivity index (χ3v) is 12.5. The van der Waals surface area contributed by atoms with Crippen LogP contribution in [-0.4, -0.2) is 50.3 Å². The van der Waals surface area contributed by atoms with Crippen LogP contribution in [0.5, 0.6) is 0 Å². The van der Waals surface area contributed by atoms with Crippen LogP contribution in [0.1, 0.15) is 287 Å². The van der Waals surface area contributed by atoms with Crippen molar-refractivity contribution in [1.82, 2.24) is 0 Å². The fourth-order valence-electron chi connectivity index (χ4n) is 7.95. The van der Waals surface area contributed by atoms with Crippen molar-refractivity contribution >= 4 is 23.9 Å². The van der Waals surface area contributed by atoms with E-state index in [0.717, 1.165) is 103 Å². The number of ether oxygens (including phenoxy) is 4. The second-order valence-electron chi connectivity index (χ2n) is 19.8. The molecule has 2 unspecified atom stereocenters. The Kier molecular flexibility index (Phi) is 50.3. The molecule has 2 atom stereocenters. The molecule has 8 nitrogen and oxygen atoms in total. The van der Waals surface area contributed by atoms with Crippen LogP contribution in [0.2, 0.25) is 0 Å². The second kappa shape index (κ2) is 50.3.